The molecule has 1 heterocycles. The SMILES string of the molecule is CCC(N)Cc1cccnc1Sc1cc(F)ccc1F. The van der Waals surface area contributed by atoms with E-state index in [1.165, 1.54) is 6.07 Å². The number of hydrogen-bond donors (Lipinski definition) is 1. The van der Waals surface area contributed by atoms with E-state index < -0.39 is 11.6 Å². The maximum Gasteiger partial charge on any atom is 0.137 e. The van der Waals surface area contributed by atoms with Crippen LogP contribution in [0.15, 0.2) is 46.5 Å². The lowest BCUT2D eigenvalue weighted by Gasteiger charge is -2.12. The van der Waals surface area contributed by atoms with E-state index in [0.29, 0.717) is 11.4 Å². The monoisotopic (exact) mass is 294 g/mol. The van der Waals surface area contributed by atoms with Gasteiger partial charge in [0.1, 0.15) is 16.7 Å². The standard InChI is InChI=1S/C15H16F2N2S/c1-2-12(18)8-10-4-3-7-19-15(10)20-14-9-11(16)5-6-13(14)17/h3-7,9,12H,2,8,18H2,1H3. The lowest BCUT2D eigenvalue weighted by atomic mass is 10.1. The Hall–Kier alpha value is -1.46. The molecule has 0 aliphatic heterocycles. The molecule has 0 fully saturated rings. The number of aromatic nitrogens is 1. The summed E-state index contributed by atoms with van der Waals surface area (Å²) in [7, 11) is 0. The largest absolute Gasteiger partial charge is 0.327 e. The van der Waals surface area contributed by atoms with Crippen LogP contribution in [0.5, 0.6) is 0 Å². The molecule has 20 heavy (non-hydrogen) atoms. The first-order chi connectivity index (χ1) is 9.60. The summed E-state index contributed by atoms with van der Waals surface area (Å²) >= 11 is 1.13. The van der Waals surface area contributed by atoms with Crippen molar-refractivity contribution < 1.29 is 8.78 Å². The molecule has 0 bridgehead atoms. The van der Waals surface area contributed by atoms with Gasteiger partial charge < -0.3 is 5.73 Å². The Morgan fingerprint density at radius 3 is 2.85 bits per heavy atom. The highest BCUT2D eigenvalue weighted by Gasteiger charge is 2.12. The molecule has 2 N–H and O–H groups in total. The summed E-state index contributed by atoms with van der Waals surface area (Å²) in [5, 5.41) is 0.668. The predicted octanol–water partition coefficient (Wildman–Crippen LogP) is 3.79. The average molecular weight is 294 g/mol. The minimum Gasteiger partial charge on any atom is -0.327 e. The molecule has 1 unspecified atom stereocenters. The zero-order chi connectivity index (χ0) is 14.5. The second-order valence-electron chi connectivity index (χ2n) is 4.52. The third-order valence-electron chi connectivity index (χ3n) is 2.96. The smallest absolute Gasteiger partial charge is 0.137 e. The highest BCUT2D eigenvalue weighted by atomic mass is 32.2. The van der Waals surface area contributed by atoms with Crippen LogP contribution in [0.4, 0.5) is 8.78 Å². The number of halogens is 2. The van der Waals surface area contributed by atoms with Gasteiger partial charge in [-0.2, -0.15) is 0 Å². The van der Waals surface area contributed by atoms with Gasteiger partial charge >= 0.3 is 0 Å². The van der Waals surface area contributed by atoms with E-state index in [9.17, 15) is 8.78 Å². The molecule has 1 aromatic heterocycles. The van der Waals surface area contributed by atoms with Gasteiger partial charge in [-0.15, -0.1) is 0 Å². The van der Waals surface area contributed by atoms with Crippen LogP contribution in [0.2, 0.25) is 0 Å². The minimum atomic E-state index is -0.461. The number of benzene rings is 1. The molecular weight excluding hydrogens is 278 g/mol. The first-order valence-corrected chi connectivity index (χ1v) is 7.24. The molecular formula is C15H16F2N2S. The molecule has 0 saturated heterocycles. The lowest BCUT2D eigenvalue weighted by molar-refractivity contribution is 0.577. The second-order valence-corrected chi connectivity index (χ2v) is 5.55. The van der Waals surface area contributed by atoms with E-state index in [1.54, 1.807) is 6.20 Å². The van der Waals surface area contributed by atoms with E-state index in [4.69, 9.17) is 5.73 Å². The second kappa shape index (κ2) is 6.81. The first kappa shape index (κ1) is 14.9. The molecule has 1 atom stereocenters. The minimum absolute atomic E-state index is 0.0379. The van der Waals surface area contributed by atoms with Gasteiger partial charge in [-0.05, 0) is 42.7 Å². The van der Waals surface area contributed by atoms with Crippen LogP contribution in [0.3, 0.4) is 0 Å². The van der Waals surface area contributed by atoms with Crippen molar-refractivity contribution in [2.24, 2.45) is 5.73 Å². The molecule has 0 amide bonds. The first-order valence-electron chi connectivity index (χ1n) is 6.42. The highest BCUT2D eigenvalue weighted by Crippen LogP contribution is 2.31. The van der Waals surface area contributed by atoms with E-state index in [1.807, 2.05) is 19.1 Å². The van der Waals surface area contributed by atoms with Crippen LogP contribution < -0.4 is 5.73 Å². The Morgan fingerprint density at radius 2 is 2.10 bits per heavy atom. The van der Waals surface area contributed by atoms with Crippen molar-refractivity contribution >= 4 is 11.8 Å². The number of hydrogen-bond acceptors (Lipinski definition) is 3. The molecule has 2 aromatic rings. The molecule has 1 aromatic carbocycles. The summed E-state index contributed by atoms with van der Waals surface area (Å²) < 4.78 is 26.9. The summed E-state index contributed by atoms with van der Waals surface area (Å²) in [6.07, 6.45) is 3.16. The molecule has 5 heteroatoms. The molecule has 0 aliphatic carbocycles. The molecule has 0 aliphatic rings. The number of nitrogens with zero attached hydrogens (tertiary/aromatic N) is 1. The zero-order valence-corrected chi connectivity index (χ0v) is 12.0. The van der Waals surface area contributed by atoms with Crippen molar-refractivity contribution in [3.8, 4) is 0 Å². The Bertz CT molecular complexity index is 590. The van der Waals surface area contributed by atoms with Gasteiger partial charge in [-0.1, -0.05) is 24.8 Å². The van der Waals surface area contributed by atoms with Crippen molar-refractivity contribution in [1.82, 2.24) is 4.98 Å². The fourth-order valence-corrected chi connectivity index (χ4v) is 2.70. The third kappa shape index (κ3) is 3.77. The molecule has 0 saturated carbocycles. The van der Waals surface area contributed by atoms with E-state index in [0.717, 1.165) is 35.9 Å². The predicted molar refractivity (Wildman–Crippen MR) is 76.7 cm³/mol. The van der Waals surface area contributed by atoms with Gasteiger partial charge in [0.25, 0.3) is 0 Å². The van der Waals surface area contributed by atoms with Crippen molar-refractivity contribution in [2.45, 2.75) is 35.7 Å². The van der Waals surface area contributed by atoms with Crippen molar-refractivity contribution in [2.75, 3.05) is 0 Å². The Kier molecular flexibility index (Phi) is 5.09. The fourth-order valence-electron chi connectivity index (χ4n) is 1.76. The fraction of sp³-hybridized carbons (Fsp3) is 0.267. The molecule has 106 valence electrons. The quantitative estimate of drug-likeness (QED) is 0.912. The van der Waals surface area contributed by atoms with Gasteiger partial charge in [-0.3, -0.25) is 0 Å². The topological polar surface area (TPSA) is 38.9 Å². The highest BCUT2D eigenvalue weighted by molar-refractivity contribution is 7.99. The number of nitrogens with two attached hydrogens (primary N) is 1. The van der Waals surface area contributed by atoms with Crippen molar-refractivity contribution in [3.05, 3.63) is 53.7 Å². The van der Waals surface area contributed by atoms with Gasteiger partial charge in [-0.25, -0.2) is 13.8 Å². The van der Waals surface area contributed by atoms with Crippen molar-refractivity contribution in [3.63, 3.8) is 0 Å². The summed E-state index contributed by atoms with van der Waals surface area (Å²) in [4.78, 5) is 4.48. The van der Waals surface area contributed by atoms with Crippen LogP contribution in [0.25, 0.3) is 0 Å². The van der Waals surface area contributed by atoms with Crippen LogP contribution in [-0.4, -0.2) is 11.0 Å². The Labute approximate surface area is 121 Å². The Balaban J connectivity index is 2.27. The van der Waals surface area contributed by atoms with E-state index in [-0.39, 0.29) is 10.9 Å². The molecule has 0 radical (unpaired) electrons. The van der Waals surface area contributed by atoms with Crippen molar-refractivity contribution in [1.29, 1.82) is 0 Å². The summed E-state index contributed by atoms with van der Waals surface area (Å²) in [6.45, 7) is 2.01. The number of rotatable bonds is 5. The molecule has 0 spiro atoms. The van der Waals surface area contributed by atoms with Gasteiger partial charge in [0.15, 0.2) is 0 Å². The third-order valence-corrected chi connectivity index (χ3v) is 4.05. The van der Waals surface area contributed by atoms with Gasteiger partial charge in [0.05, 0.1) is 4.90 Å². The van der Waals surface area contributed by atoms with Crippen LogP contribution in [0, 0.1) is 11.6 Å². The summed E-state index contributed by atoms with van der Waals surface area (Å²) in [6, 6.07) is 7.18. The molecule has 2 nitrogen and oxygen atoms in total. The Morgan fingerprint density at radius 1 is 1.30 bits per heavy atom. The van der Waals surface area contributed by atoms with Crippen LogP contribution in [0.1, 0.15) is 18.9 Å². The molecule has 2 rings (SSSR count). The summed E-state index contributed by atoms with van der Waals surface area (Å²) in [5.41, 5.74) is 6.90. The maximum atomic E-state index is 13.7. The van der Waals surface area contributed by atoms with E-state index >= 15 is 0 Å². The van der Waals surface area contributed by atoms with Crippen LogP contribution >= 0.6 is 11.8 Å². The zero-order valence-electron chi connectivity index (χ0n) is 11.1. The van der Waals surface area contributed by atoms with E-state index in [2.05, 4.69) is 4.98 Å². The lowest BCUT2D eigenvalue weighted by Crippen LogP contribution is -2.21. The van der Waals surface area contributed by atoms with Crippen LogP contribution in [-0.2, 0) is 6.42 Å². The average Bonchev–Trinajstić information content (AvgIpc) is 2.44. The van der Waals surface area contributed by atoms with Gasteiger partial charge in [0.2, 0.25) is 0 Å². The number of pyridine rings is 1. The van der Waals surface area contributed by atoms with Gasteiger partial charge in [0, 0.05) is 12.2 Å². The normalized spacial score (nSPS) is 12.4. The maximum absolute atomic E-state index is 13.7. The summed E-state index contributed by atoms with van der Waals surface area (Å²) in [5.74, 6) is -0.913.